The number of ether oxygens (including phenoxy) is 1. The number of hydrogen-bond donors (Lipinski definition) is 1. The van der Waals surface area contributed by atoms with Crippen LogP contribution in [-0.2, 0) is 4.79 Å². The van der Waals surface area contributed by atoms with Gasteiger partial charge in [-0.1, -0.05) is 36.8 Å². The number of rotatable bonds is 4. The van der Waals surface area contributed by atoms with E-state index < -0.39 is 6.10 Å². The number of carbonyl (C=O) groups excluding carboxylic acids is 2. The fourth-order valence-electron chi connectivity index (χ4n) is 2.86. The number of carbonyl (C=O) groups is 2. The Morgan fingerprint density at radius 2 is 2.00 bits per heavy atom. The molecular weight excluding hydrogens is 316 g/mol. The molecule has 2 aromatic rings. The molecule has 0 saturated heterocycles. The summed E-state index contributed by atoms with van der Waals surface area (Å²) in [5, 5.41) is 2.84. The monoisotopic (exact) mass is 338 g/mol. The van der Waals surface area contributed by atoms with E-state index >= 15 is 0 Å². The largest absolute Gasteiger partial charge is 0.477 e. The van der Waals surface area contributed by atoms with E-state index in [9.17, 15) is 9.59 Å². The van der Waals surface area contributed by atoms with Crippen molar-refractivity contribution < 1.29 is 14.3 Å². The zero-order chi connectivity index (χ0) is 17.8. The van der Waals surface area contributed by atoms with Gasteiger partial charge in [-0.05, 0) is 37.6 Å². The quantitative estimate of drug-likeness (QED) is 0.932. The maximum atomic E-state index is 13.0. The standard InChI is InChI=1S/C20H22N2O3/c1-3-11-21-19(23)18-13-22(16-9-4-5-10-17(16)25-18)20(24)15-8-6-7-14(2)12-15/h4-10,12,18H,3,11,13H2,1-2H3,(H,21,23)/t18-/m0/s1. The van der Waals surface area contributed by atoms with Gasteiger partial charge < -0.3 is 15.0 Å². The second-order valence-corrected chi connectivity index (χ2v) is 6.15. The number of amides is 2. The van der Waals surface area contributed by atoms with Gasteiger partial charge in [0.25, 0.3) is 11.8 Å². The van der Waals surface area contributed by atoms with Crippen molar-refractivity contribution in [3.05, 3.63) is 59.7 Å². The lowest BCUT2D eigenvalue weighted by molar-refractivity contribution is -0.127. The minimum Gasteiger partial charge on any atom is -0.477 e. The third kappa shape index (κ3) is 3.65. The lowest BCUT2D eigenvalue weighted by atomic mass is 10.1. The Kier molecular flexibility index (Phi) is 5.03. The van der Waals surface area contributed by atoms with E-state index in [1.54, 1.807) is 17.0 Å². The van der Waals surface area contributed by atoms with Gasteiger partial charge in [0.15, 0.2) is 6.10 Å². The predicted molar refractivity (Wildman–Crippen MR) is 97.0 cm³/mol. The van der Waals surface area contributed by atoms with Gasteiger partial charge in [0.1, 0.15) is 5.75 Å². The maximum Gasteiger partial charge on any atom is 0.262 e. The summed E-state index contributed by atoms with van der Waals surface area (Å²) in [6, 6.07) is 14.8. The minimum absolute atomic E-state index is 0.132. The lowest BCUT2D eigenvalue weighted by Gasteiger charge is -2.34. The van der Waals surface area contributed by atoms with Crippen LogP contribution in [0.4, 0.5) is 5.69 Å². The second kappa shape index (κ2) is 7.38. The number of benzene rings is 2. The predicted octanol–water partition coefficient (Wildman–Crippen LogP) is 2.93. The molecule has 0 unspecified atom stereocenters. The van der Waals surface area contributed by atoms with Crippen molar-refractivity contribution >= 4 is 17.5 Å². The van der Waals surface area contributed by atoms with Crippen molar-refractivity contribution in [1.29, 1.82) is 0 Å². The zero-order valence-electron chi connectivity index (χ0n) is 14.5. The van der Waals surface area contributed by atoms with Crippen LogP contribution >= 0.6 is 0 Å². The molecule has 130 valence electrons. The molecule has 0 aromatic heterocycles. The lowest BCUT2D eigenvalue weighted by Crippen LogP contribution is -2.50. The zero-order valence-corrected chi connectivity index (χ0v) is 14.5. The summed E-state index contributed by atoms with van der Waals surface area (Å²) in [6.07, 6.45) is 0.135. The van der Waals surface area contributed by atoms with Crippen LogP contribution in [0.3, 0.4) is 0 Å². The fraction of sp³-hybridized carbons (Fsp3) is 0.300. The second-order valence-electron chi connectivity index (χ2n) is 6.15. The molecule has 5 heteroatoms. The highest BCUT2D eigenvalue weighted by atomic mass is 16.5. The average molecular weight is 338 g/mol. The van der Waals surface area contributed by atoms with E-state index in [0.29, 0.717) is 23.5 Å². The van der Waals surface area contributed by atoms with Crippen molar-refractivity contribution in [2.24, 2.45) is 0 Å². The topological polar surface area (TPSA) is 58.6 Å². The van der Waals surface area contributed by atoms with Crippen LogP contribution in [0.5, 0.6) is 5.75 Å². The number of aryl methyl sites for hydroxylation is 1. The first kappa shape index (κ1) is 17.0. The number of anilines is 1. The third-order valence-electron chi connectivity index (χ3n) is 4.13. The molecule has 0 bridgehead atoms. The van der Waals surface area contributed by atoms with E-state index in [4.69, 9.17) is 4.74 Å². The number of nitrogens with one attached hydrogen (secondary N) is 1. The number of para-hydroxylation sites is 2. The summed E-state index contributed by atoms with van der Waals surface area (Å²) in [7, 11) is 0. The summed E-state index contributed by atoms with van der Waals surface area (Å²) in [6.45, 7) is 4.72. The summed E-state index contributed by atoms with van der Waals surface area (Å²) in [5.74, 6) is 0.220. The number of hydrogen-bond acceptors (Lipinski definition) is 3. The van der Waals surface area contributed by atoms with Gasteiger partial charge in [0, 0.05) is 12.1 Å². The van der Waals surface area contributed by atoms with Crippen LogP contribution in [0, 0.1) is 6.92 Å². The highest BCUT2D eigenvalue weighted by molar-refractivity contribution is 6.08. The highest BCUT2D eigenvalue weighted by Crippen LogP contribution is 2.34. The minimum atomic E-state index is -0.713. The molecular formula is C20H22N2O3. The van der Waals surface area contributed by atoms with Gasteiger partial charge in [-0.3, -0.25) is 9.59 Å². The Morgan fingerprint density at radius 3 is 2.76 bits per heavy atom. The maximum absolute atomic E-state index is 13.0. The number of nitrogens with zero attached hydrogens (tertiary/aromatic N) is 1. The molecule has 1 aliphatic heterocycles. The molecule has 2 amide bonds. The van der Waals surface area contributed by atoms with E-state index in [1.807, 2.05) is 50.2 Å². The van der Waals surface area contributed by atoms with Crippen molar-refractivity contribution in [3.8, 4) is 5.75 Å². The Labute approximate surface area is 147 Å². The van der Waals surface area contributed by atoms with E-state index in [-0.39, 0.29) is 18.4 Å². The molecule has 1 heterocycles. The van der Waals surface area contributed by atoms with Crippen LogP contribution in [0.1, 0.15) is 29.3 Å². The molecule has 1 N–H and O–H groups in total. The summed E-state index contributed by atoms with van der Waals surface area (Å²) >= 11 is 0. The van der Waals surface area contributed by atoms with Gasteiger partial charge >= 0.3 is 0 Å². The van der Waals surface area contributed by atoms with Gasteiger partial charge in [-0.25, -0.2) is 0 Å². The molecule has 1 aliphatic rings. The summed E-state index contributed by atoms with van der Waals surface area (Å²) in [4.78, 5) is 27.0. The normalized spacial score (nSPS) is 15.9. The van der Waals surface area contributed by atoms with Crippen LogP contribution in [0.15, 0.2) is 48.5 Å². The number of fused-ring (bicyclic) bond motifs is 1. The molecule has 3 rings (SSSR count). The molecule has 0 fully saturated rings. The van der Waals surface area contributed by atoms with E-state index in [1.165, 1.54) is 0 Å². The van der Waals surface area contributed by atoms with E-state index in [2.05, 4.69) is 5.32 Å². The molecule has 25 heavy (non-hydrogen) atoms. The fourth-order valence-corrected chi connectivity index (χ4v) is 2.86. The van der Waals surface area contributed by atoms with Crippen LogP contribution < -0.4 is 15.0 Å². The van der Waals surface area contributed by atoms with Crippen LogP contribution in [0.2, 0.25) is 0 Å². The SMILES string of the molecule is CCCNC(=O)[C@@H]1CN(C(=O)c2cccc(C)c2)c2ccccc2O1. The summed E-state index contributed by atoms with van der Waals surface area (Å²) < 4.78 is 5.82. The summed E-state index contributed by atoms with van der Waals surface area (Å²) in [5.41, 5.74) is 2.31. The molecule has 5 nitrogen and oxygen atoms in total. The Balaban J connectivity index is 1.91. The van der Waals surface area contributed by atoms with Crippen LogP contribution in [-0.4, -0.2) is 31.0 Å². The first-order valence-corrected chi connectivity index (χ1v) is 8.52. The van der Waals surface area contributed by atoms with Crippen LogP contribution in [0.25, 0.3) is 0 Å². The van der Waals surface area contributed by atoms with Crippen molar-refractivity contribution in [3.63, 3.8) is 0 Å². The molecule has 0 saturated carbocycles. The molecule has 0 spiro atoms. The van der Waals surface area contributed by atoms with Crippen molar-refractivity contribution in [2.75, 3.05) is 18.0 Å². The van der Waals surface area contributed by atoms with Crippen molar-refractivity contribution in [2.45, 2.75) is 26.4 Å². The van der Waals surface area contributed by atoms with Gasteiger partial charge in [0.2, 0.25) is 0 Å². The molecule has 2 aromatic carbocycles. The average Bonchev–Trinajstić information content (AvgIpc) is 2.64. The van der Waals surface area contributed by atoms with Gasteiger partial charge in [-0.15, -0.1) is 0 Å². The van der Waals surface area contributed by atoms with E-state index in [0.717, 1.165) is 12.0 Å². The Bertz CT molecular complexity index is 788. The highest BCUT2D eigenvalue weighted by Gasteiger charge is 2.33. The molecule has 0 aliphatic carbocycles. The Morgan fingerprint density at radius 1 is 1.20 bits per heavy atom. The molecule has 0 radical (unpaired) electrons. The van der Waals surface area contributed by atoms with Crippen molar-refractivity contribution in [1.82, 2.24) is 5.32 Å². The first-order chi connectivity index (χ1) is 12.1. The molecule has 1 atom stereocenters. The van der Waals surface area contributed by atoms with Gasteiger partial charge in [0.05, 0.1) is 12.2 Å². The van der Waals surface area contributed by atoms with Gasteiger partial charge in [-0.2, -0.15) is 0 Å². The first-order valence-electron chi connectivity index (χ1n) is 8.52. The third-order valence-corrected chi connectivity index (χ3v) is 4.13. The Hall–Kier alpha value is -2.82. The smallest absolute Gasteiger partial charge is 0.262 e.